The lowest BCUT2D eigenvalue weighted by Crippen LogP contribution is -2.08. The molecule has 1 aromatic carbocycles. The average molecular weight is 281 g/mol. The maximum Gasteiger partial charge on any atom is 0.416 e. The smallest absolute Gasteiger partial charge is 0.348 e. The van der Waals surface area contributed by atoms with E-state index in [1.54, 1.807) is 36.0 Å². The molecule has 0 aliphatic carbocycles. The lowest BCUT2D eigenvalue weighted by Gasteiger charge is -2.08. The van der Waals surface area contributed by atoms with Crippen molar-refractivity contribution in [2.75, 3.05) is 0 Å². The molecule has 0 aliphatic heterocycles. The minimum absolute atomic E-state index is 0.0742. The van der Waals surface area contributed by atoms with Crippen LogP contribution in [-0.2, 0) is 19.6 Å². The topological polar surface area (TPSA) is 22.0 Å². The van der Waals surface area contributed by atoms with E-state index in [1.807, 2.05) is 0 Å². The van der Waals surface area contributed by atoms with Gasteiger partial charge in [0.1, 0.15) is 0 Å². The summed E-state index contributed by atoms with van der Waals surface area (Å²) in [6, 6.07) is 8.56. The van der Waals surface area contributed by atoms with Gasteiger partial charge in [0.25, 0.3) is 0 Å². The summed E-state index contributed by atoms with van der Waals surface area (Å²) in [7, 11) is 1.76. The van der Waals surface area contributed by atoms with E-state index in [0.29, 0.717) is 17.7 Å². The van der Waals surface area contributed by atoms with Crippen molar-refractivity contribution in [3.8, 4) is 0 Å². The van der Waals surface area contributed by atoms with Gasteiger partial charge in [-0.15, -0.1) is 0 Å². The Morgan fingerprint density at radius 3 is 2.55 bits per heavy atom. The first-order chi connectivity index (χ1) is 9.38. The SMILES string of the molecule is Cn1cccc1C(=O)CCc1cccc(C(F)(F)F)c1. The van der Waals surface area contributed by atoms with E-state index in [2.05, 4.69) is 0 Å². The molecule has 20 heavy (non-hydrogen) atoms. The normalized spacial score (nSPS) is 11.6. The lowest BCUT2D eigenvalue weighted by atomic mass is 10.0. The van der Waals surface area contributed by atoms with Gasteiger partial charge in [0, 0.05) is 19.7 Å². The van der Waals surface area contributed by atoms with Crippen molar-refractivity contribution in [3.05, 3.63) is 59.4 Å². The molecule has 0 unspecified atom stereocenters. The molecule has 0 spiro atoms. The quantitative estimate of drug-likeness (QED) is 0.780. The Morgan fingerprint density at radius 1 is 1.20 bits per heavy atom. The number of halogens is 3. The Labute approximate surface area is 114 Å². The summed E-state index contributed by atoms with van der Waals surface area (Å²) in [4.78, 5) is 11.9. The summed E-state index contributed by atoms with van der Waals surface area (Å²) in [6.07, 6.45) is -2.09. The van der Waals surface area contributed by atoms with Crippen molar-refractivity contribution in [1.82, 2.24) is 4.57 Å². The third-order valence-corrected chi connectivity index (χ3v) is 3.12. The third-order valence-electron chi connectivity index (χ3n) is 3.12. The summed E-state index contributed by atoms with van der Waals surface area (Å²) in [5, 5.41) is 0. The van der Waals surface area contributed by atoms with Crippen LogP contribution in [0.1, 0.15) is 28.0 Å². The van der Waals surface area contributed by atoms with Crippen molar-refractivity contribution >= 4 is 5.78 Å². The van der Waals surface area contributed by atoms with Gasteiger partial charge in [-0.3, -0.25) is 4.79 Å². The largest absolute Gasteiger partial charge is 0.416 e. The number of Topliss-reactive ketones (excluding diaryl/α,β-unsaturated/α-hetero) is 1. The molecule has 2 rings (SSSR count). The highest BCUT2D eigenvalue weighted by atomic mass is 19.4. The van der Waals surface area contributed by atoms with Crippen LogP contribution >= 0.6 is 0 Å². The lowest BCUT2D eigenvalue weighted by molar-refractivity contribution is -0.137. The van der Waals surface area contributed by atoms with Crippen LogP contribution in [0.25, 0.3) is 0 Å². The second kappa shape index (κ2) is 5.53. The Bertz CT molecular complexity index is 614. The maximum atomic E-state index is 12.6. The molecule has 0 saturated heterocycles. The van der Waals surface area contributed by atoms with Gasteiger partial charge in [-0.25, -0.2) is 0 Å². The average Bonchev–Trinajstić information content (AvgIpc) is 2.82. The van der Waals surface area contributed by atoms with E-state index >= 15 is 0 Å². The summed E-state index contributed by atoms with van der Waals surface area (Å²) in [5.74, 6) is -0.0742. The molecule has 0 fully saturated rings. The second-order valence-electron chi connectivity index (χ2n) is 4.63. The van der Waals surface area contributed by atoms with E-state index in [-0.39, 0.29) is 12.2 Å². The van der Waals surface area contributed by atoms with Gasteiger partial charge < -0.3 is 4.57 Å². The summed E-state index contributed by atoms with van der Waals surface area (Å²) in [6.45, 7) is 0. The number of aryl methyl sites for hydroxylation is 2. The number of ketones is 1. The molecule has 0 aliphatic rings. The highest BCUT2D eigenvalue weighted by Crippen LogP contribution is 2.29. The van der Waals surface area contributed by atoms with Gasteiger partial charge in [0.2, 0.25) is 0 Å². The fourth-order valence-corrected chi connectivity index (χ4v) is 2.04. The van der Waals surface area contributed by atoms with Gasteiger partial charge in [-0.05, 0) is 30.2 Å². The number of nitrogens with zero attached hydrogens (tertiary/aromatic N) is 1. The molecule has 1 aromatic heterocycles. The van der Waals surface area contributed by atoms with Gasteiger partial charge >= 0.3 is 6.18 Å². The maximum absolute atomic E-state index is 12.6. The second-order valence-corrected chi connectivity index (χ2v) is 4.63. The van der Waals surface area contributed by atoms with Crippen LogP contribution in [0.2, 0.25) is 0 Å². The number of carbonyl (C=O) groups is 1. The number of benzene rings is 1. The third kappa shape index (κ3) is 3.29. The van der Waals surface area contributed by atoms with Crippen molar-refractivity contribution in [3.63, 3.8) is 0 Å². The Hall–Kier alpha value is -2.04. The van der Waals surface area contributed by atoms with E-state index < -0.39 is 11.7 Å². The fourth-order valence-electron chi connectivity index (χ4n) is 2.04. The predicted octanol–water partition coefficient (Wildman–Crippen LogP) is 3.86. The zero-order chi connectivity index (χ0) is 14.8. The van der Waals surface area contributed by atoms with Crippen LogP contribution in [0.5, 0.6) is 0 Å². The molecule has 0 N–H and O–H groups in total. The number of carbonyl (C=O) groups excluding carboxylic acids is 1. The summed E-state index contributed by atoms with van der Waals surface area (Å²) in [5.41, 5.74) is 0.403. The summed E-state index contributed by atoms with van der Waals surface area (Å²) >= 11 is 0. The predicted molar refractivity (Wildman–Crippen MR) is 69.5 cm³/mol. The zero-order valence-electron chi connectivity index (χ0n) is 10.9. The van der Waals surface area contributed by atoms with Crippen LogP contribution in [0.3, 0.4) is 0 Å². The molecule has 0 radical (unpaired) electrons. The van der Waals surface area contributed by atoms with Crippen LogP contribution in [-0.4, -0.2) is 10.4 Å². The van der Waals surface area contributed by atoms with Crippen LogP contribution in [0.4, 0.5) is 13.2 Å². The first kappa shape index (κ1) is 14.4. The number of hydrogen-bond donors (Lipinski definition) is 0. The molecule has 0 amide bonds. The monoisotopic (exact) mass is 281 g/mol. The van der Waals surface area contributed by atoms with E-state index in [4.69, 9.17) is 0 Å². The molecule has 1 heterocycles. The molecule has 0 bridgehead atoms. The molecule has 0 atom stereocenters. The van der Waals surface area contributed by atoms with Crippen LogP contribution in [0, 0.1) is 0 Å². The van der Waals surface area contributed by atoms with Gasteiger partial charge in [-0.2, -0.15) is 13.2 Å². The standard InChI is InChI=1S/C15H14F3NO/c1-19-9-3-6-13(19)14(20)8-7-11-4-2-5-12(10-11)15(16,17)18/h2-6,9-10H,7-8H2,1H3. The number of hydrogen-bond acceptors (Lipinski definition) is 1. The molecular weight excluding hydrogens is 267 g/mol. The molecule has 106 valence electrons. The molecule has 0 saturated carbocycles. The van der Waals surface area contributed by atoms with E-state index in [1.165, 1.54) is 6.07 Å². The van der Waals surface area contributed by atoms with E-state index in [9.17, 15) is 18.0 Å². The van der Waals surface area contributed by atoms with E-state index in [0.717, 1.165) is 12.1 Å². The summed E-state index contributed by atoms with van der Waals surface area (Å²) < 4.78 is 39.4. The van der Waals surface area contributed by atoms with Gasteiger partial charge in [0.15, 0.2) is 5.78 Å². The molecule has 5 heteroatoms. The number of alkyl halides is 3. The van der Waals surface area contributed by atoms with Crippen molar-refractivity contribution in [2.45, 2.75) is 19.0 Å². The van der Waals surface area contributed by atoms with Gasteiger partial charge in [0.05, 0.1) is 11.3 Å². The Balaban J connectivity index is 2.05. The Kier molecular flexibility index (Phi) is 3.97. The molecule has 2 aromatic rings. The minimum atomic E-state index is -4.35. The highest BCUT2D eigenvalue weighted by Gasteiger charge is 2.30. The molecular formula is C15H14F3NO. The Morgan fingerprint density at radius 2 is 1.95 bits per heavy atom. The van der Waals surface area contributed by atoms with Crippen molar-refractivity contribution < 1.29 is 18.0 Å². The number of aromatic nitrogens is 1. The first-order valence-corrected chi connectivity index (χ1v) is 6.18. The van der Waals surface area contributed by atoms with Crippen LogP contribution in [0.15, 0.2) is 42.6 Å². The minimum Gasteiger partial charge on any atom is -0.348 e. The highest BCUT2D eigenvalue weighted by molar-refractivity contribution is 5.94. The first-order valence-electron chi connectivity index (χ1n) is 6.18. The zero-order valence-corrected chi connectivity index (χ0v) is 10.9. The van der Waals surface area contributed by atoms with Crippen molar-refractivity contribution in [2.24, 2.45) is 7.05 Å². The van der Waals surface area contributed by atoms with Crippen LogP contribution < -0.4 is 0 Å². The van der Waals surface area contributed by atoms with Gasteiger partial charge in [-0.1, -0.05) is 18.2 Å². The fraction of sp³-hybridized carbons (Fsp3) is 0.267. The number of rotatable bonds is 4. The van der Waals surface area contributed by atoms with Crippen molar-refractivity contribution in [1.29, 1.82) is 0 Å². The molecule has 2 nitrogen and oxygen atoms in total.